The highest BCUT2D eigenvalue weighted by Gasteiger charge is 2.26. The van der Waals surface area contributed by atoms with Crippen LogP contribution in [0.2, 0.25) is 0 Å². The van der Waals surface area contributed by atoms with Crippen LogP contribution in [-0.4, -0.2) is 27.2 Å². The second-order valence-corrected chi connectivity index (χ2v) is 8.11. The maximum atomic E-state index is 4.75. The third kappa shape index (κ3) is 2.43. The number of rotatable bonds is 1. The highest BCUT2D eigenvalue weighted by molar-refractivity contribution is 7.20. The summed E-state index contributed by atoms with van der Waals surface area (Å²) in [7, 11) is 0. The van der Waals surface area contributed by atoms with E-state index in [9.17, 15) is 0 Å². The van der Waals surface area contributed by atoms with Gasteiger partial charge in [-0.3, -0.25) is 0 Å². The van der Waals surface area contributed by atoms with Gasteiger partial charge in [-0.25, -0.2) is 9.50 Å². The Morgan fingerprint density at radius 3 is 2.65 bits per heavy atom. The van der Waals surface area contributed by atoms with E-state index in [2.05, 4.69) is 45.7 Å². The normalized spacial score (nSPS) is 24.6. The summed E-state index contributed by atoms with van der Waals surface area (Å²) >= 11 is 1.71. The number of imidazole rings is 1. The van der Waals surface area contributed by atoms with E-state index in [1.807, 2.05) is 4.52 Å². The number of nitrogens with zero attached hydrogens (tertiary/aromatic N) is 4. The van der Waals surface area contributed by atoms with Crippen molar-refractivity contribution in [3.05, 3.63) is 11.9 Å². The molecule has 0 radical (unpaired) electrons. The van der Waals surface area contributed by atoms with E-state index in [-0.39, 0.29) is 5.41 Å². The molecule has 0 aliphatic carbocycles. The fourth-order valence-electron chi connectivity index (χ4n) is 2.72. The van der Waals surface area contributed by atoms with Gasteiger partial charge < -0.3 is 4.90 Å². The van der Waals surface area contributed by atoms with Crippen LogP contribution in [-0.2, 0) is 5.41 Å². The number of aromatic nitrogens is 3. The van der Waals surface area contributed by atoms with Crippen LogP contribution >= 0.6 is 11.3 Å². The third-order valence-electron chi connectivity index (χ3n) is 4.16. The second kappa shape index (κ2) is 4.72. The third-order valence-corrected chi connectivity index (χ3v) is 5.12. The molecule has 2 aromatic rings. The summed E-state index contributed by atoms with van der Waals surface area (Å²) in [4.78, 5) is 8.19. The average molecular weight is 292 g/mol. The van der Waals surface area contributed by atoms with Gasteiger partial charge in [-0.05, 0) is 25.7 Å². The molecule has 4 nitrogen and oxygen atoms in total. The number of piperidine rings is 1. The van der Waals surface area contributed by atoms with Gasteiger partial charge in [0, 0.05) is 18.0 Å². The first-order valence-electron chi connectivity index (χ1n) is 7.48. The fraction of sp³-hybridized carbons (Fsp3) is 0.733. The SMILES string of the molecule is CC1CCC(C)N(c2nn3cc(C(C)(C)C)nc3s2)C1. The predicted octanol–water partition coefficient (Wildman–Crippen LogP) is 3.71. The van der Waals surface area contributed by atoms with Gasteiger partial charge in [0.05, 0.1) is 11.9 Å². The number of hydrogen-bond acceptors (Lipinski definition) is 4. The molecular formula is C15H24N4S. The number of fused-ring (bicyclic) bond motifs is 1. The van der Waals surface area contributed by atoms with Crippen molar-refractivity contribution < 1.29 is 0 Å². The molecule has 0 aromatic carbocycles. The zero-order valence-corrected chi connectivity index (χ0v) is 13.9. The average Bonchev–Trinajstić information content (AvgIpc) is 2.89. The molecule has 2 unspecified atom stereocenters. The molecule has 2 atom stereocenters. The molecule has 0 spiro atoms. The first-order chi connectivity index (χ1) is 9.34. The van der Waals surface area contributed by atoms with Crippen LogP contribution in [0.25, 0.3) is 4.96 Å². The molecule has 1 aliphatic heterocycles. The second-order valence-electron chi connectivity index (χ2n) is 7.17. The van der Waals surface area contributed by atoms with Crippen molar-refractivity contribution >= 4 is 21.4 Å². The van der Waals surface area contributed by atoms with E-state index in [1.165, 1.54) is 12.8 Å². The van der Waals surface area contributed by atoms with Crippen LogP contribution in [0.3, 0.4) is 0 Å². The number of hydrogen-bond donors (Lipinski definition) is 0. The Labute approximate surface area is 124 Å². The van der Waals surface area contributed by atoms with E-state index in [4.69, 9.17) is 10.1 Å². The molecular weight excluding hydrogens is 268 g/mol. The molecule has 0 saturated carbocycles. The molecule has 0 amide bonds. The maximum absolute atomic E-state index is 4.75. The highest BCUT2D eigenvalue weighted by Crippen LogP contribution is 2.32. The topological polar surface area (TPSA) is 33.4 Å². The Balaban J connectivity index is 1.91. The minimum atomic E-state index is 0.0838. The lowest BCUT2D eigenvalue weighted by atomic mass is 9.93. The smallest absolute Gasteiger partial charge is 0.214 e. The van der Waals surface area contributed by atoms with Crippen molar-refractivity contribution in [3.8, 4) is 0 Å². The zero-order chi connectivity index (χ0) is 14.5. The molecule has 3 rings (SSSR count). The molecule has 110 valence electrons. The minimum absolute atomic E-state index is 0.0838. The molecule has 1 fully saturated rings. The lowest BCUT2D eigenvalue weighted by Gasteiger charge is -2.36. The van der Waals surface area contributed by atoms with Crippen LogP contribution in [0.15, 0.2) is 6.20 Å². The molecule has 0 N–H and O–H groups in total. The molecule has 5 heteroatoms. The van der Waals surface area contributed by atoms with E-state index in [1.54, 1.807) is 11.3 Å². The van der Waals surface area contributed by atoms with E-state index in [0.717, 1.165) is 28.2 Å². The van der Waals surface area contributed by atoms with Crippen molar-refractivity contribution in [1.82, 2.24) is 14.6 Å². The Morgan fingerprint density at radius 1 is 1.25 bits per heavy atom. The summed E-state index contributed by atoms with van der Waals surface area (Å²) in [5.41, 5.74) is 1.20. The van der Waals surface area contributed by atoms with E-state index < -0.39 is 0 Å². The molecule has 2 aromatic heterocycles. The Bertz CT molecular complexity index is 575. The number of anilines is 1. The highest BCUT2D eigenvalue weighted by atomic mass is 32.1. The molecule has 1 aliphatic rings. The first kappa shape index (κ1) is 13.9. The van der Waals surface area contributed by atoms with Gasteiger partial charge in [0.1, 0.15) is 0 Å². The van der Waals surface area contributed by atoms with Crippen LogP contribution < -0.4 is 4.90 Å². The summed E-state index contributed by atoms with van der Waals surface area (Å²) < 4.78 is 1.95. The van der Waals surface area contributed by atoms with Crippen molar-refractivity contribution in [2.45, 2.75) is 58.9 Å². The largest absolute Gasteiger partial charge is 0.344 e. The monoisotopic (exact) mass is 292 g/mol. The zero-order valence-electron chi connectivity index (χ0n) is 13.1. The lowest BCUT2D eigenvalue weighted by molar-refractivity contribution is 0.389. The van der Waals surface area contributed by atoms with Crippen LogP contribution in [0.1, 0.15) is 53.2 Å². The quantitative estimate of drug-likeness (QED) is 0.803. The Kier molecular flexibility index (Phi) is 3.27. The lowest BCUT2D eigenvalue weighted by Crippen LogP contribution is -2.41. The summed E-state index contributed by atoms with van der Waals surface area (Å²) in [6.45, 7) is 12.3. The van der Waals surface area contributed by atoms with Crippen molar-refractivity contribution in [1.29, 1.82) is 0 Å². The maximum Gasteiger partial charge on any atom is 0.214 e. The van der Waals surface area contributed by atoms with Crippen LogP contribution in [0, 0.1) is 5.92 Å². The molecule has 1 saturated heterocycles. The molecule has 0 bridgehead atoms. The first-order valence-corrected chi connectivity index (χ1v) is 8.29. The summed E-state index contributed by atoms with van der Waals surface area (Å²) in [5.74, 6) is 0.757. The van der Waals surface area contributed by atoms with Gasteiger partial charge in [-0.2, -0.15) is 0 Å². The Hall–Kier alpha value is -1.10. The fourth-order valence-corrected chi connectivity index (χ4v) is 3.72. The van der Waals surface area contributed by atoms with Gasteiger partial charge >= 0.3 is 0 Å². The van der Waals surface area contributed by atoms with E-state index >= 15 is 0 Å². The minimum Gasteiger partial charge on any atom is -0.344 e. The summed E-state index contributed by atoms with van der Waals surface area (Å²) in [5, 5.41) is 5.87. The van der Waals surface area contributed by atoms with Gasteiger partial charge in [-0.15, -0.1) is 5.10 Å². The van der Waals surface area contributed by atoms with Crippen molar-refractivity contribution in [2.75, 3.05) is 11.4 Å². The molecule has 3 heterocycles. The van der Waals surface area contributed by atoms with Crippen molar-refractivity contribution in [3.63, 3.8) is 0 Å². The van der Waals surface area contributed by atoms with Crippen LogP contribution in [0.5, 0.6) is 0 Å². The van der Waals surface area contributed by atoms with Crippen molar-refractivity contribution in [2.24, 2.45) is 5.92 Å². The summed E-state index contributed by atoms with van der Waals surface area (Å²) in [6, 6.07) is 0.587. The van der Waals surface area contributed by atoms with Gasteiger partial charge in [-0.1, -0.05) is 39.0 Å². The molecule has 20 heavy (non-hydrogen) atoms. The Morgan fingerprint density at radius 2 is 2.00 bits per heavy atom. The standard InChI is InChI=1S/C15H24N4S/c1-10-6-7-11(2)18(8-10)14-17-19-9-12(15(3,4)5)16-13(19)20-14/h9-11H,6-8H2,1-5H3. The van der Waals surface area contributed by atoms with Gasteiger partial charge in [0.15, 0.2) is 0 Å². The van der Waals surface area contributed by atoms with Crippen LogP contribution in [0.4, 0.5) is 5.13 Å². The predicted molar refractivity (Wildman–Crippen MR) is 84.8 cm³/mol. The van der Waals surface area contributed by atoms with Gasteiger partial charge in [0.2, 0.25) is 10.1 Å². The van der Waals surface area contributed by atoms with Gasteiger partial charge in [0.25, 0.3) is 0 Å². The summed E-state index contributed by atoms with van der Waals surface area (Å²) in [6.07, 6.45) is 4.66. The van der Waals surface area contributed by atoms with E-state index in [0.29, 0.717) is 6.04 Å².